The highest BCUT2D eigenvalue weighted by atomic mass is 79.9. The van der Waals surface area contributed by atoms with Crippen molar-refractivity contribution in [3.8, 4) is 0 Å². The van der Waals surface area contributed by atoms with Gasteiger partial charge in [-0.25, -0.2) is 4.98 Å². The summed E-state index contributed by atoms with van der Waals surface area (Å²) in [6.45, 7) is 1.98. The molecule has 1 heterocycles. The Labute approximate surface area is 122 Å². The third kappa shape index (κ3) is 3.17. The van der Waals surface area contributed by atoms with Gasteiger partial charge >= 0.3 is 0 Å². The van der Waals surface area contributed by atoms with Gasteiger partial charge in [0, 0.05) is 10.0 Å². The standard InChI is InChI=1S/C13H10Br2N2O/c1-8-2-3-9(6-11(8)14)13(18)17-10-4-5-12(15)16-7-10/h2-7H,1H3,(H,17,18). The SMILES string of the molecule is Cc1ccc(C(=O)Nc2ccc(Br)nc2)cc1Br. The fourth-order valence-electron chi connectivity index (χ4n) is 1.39. The number of benzene rings is 1. The molecule has 2 aromatic rings. The van der Waals surface area contributed by atoms with Crippen LogP contribution in [-0.4, -0.2) is 10.9 Å². The number of amides is 1. The molecule has 1 amide bonds. The minimum atomic E-state index is -0.153. The quantitative estimate of drug-likeness (QED) is 0.807. The van der Waals surface area contributed by atoms with E-state index in [1.807, 2.05) is 13.0 Å². The Bertz CT molecular complexity index is 582. The number of carbonyl (C=O) groups excluding carboxylic acids is 1. The second-order valence-electron chi connectivity index (χ2n) is 3.79. The number of halogens is 2. The lowest BCUT2D eigenvalue weighted by atomic mass is 10.1. The van der Waals surface area contributed by atoms with Crippen molar-refractivity contribution in [2.24, 2.45) is 0 Å². The van der Waals surface area contributed by atoms with E-state index >= 15 is 0 Å². The van der Waals surface area contributed by atoms with Crippen LogP contribution < -0.4 is 5.32 Å². The molecule has 1 aromatic heterocycles. The predicted octanol–water partition coefficient (Wildman–Crippen LogP) is 4.17. The molecule has 1 N–H and O–H groups in total. The van der Waals surface area contributed by atoms with Gasteiger partial charge in [-0.3, -0.25) is 4.79 Å². The minimum absolute atomic E-state index is 0.153. The largest absolute Gasteiger partial charge is 0.321 e. The minimum Gasteiger partial charge on any atom is -0.321 e. The average Bonchev–Trinajstić information content (AvgIpc) is 2.35. The average molecular weight is 370 g/mol. The van der Waals surface area contributed by atoms with Crippen LogP contribution in [0.5, 0.6) is 0 Å². The van der Waals surface area contributed by atoms with Crippen molar-refractivity contribution >= 4 is 43.5 Å². The van der Waals surface area contributed by atoms with Crippen molar-refractivity contribution in [1.82, 2.24) is 4.98 Å². The Morgan fingerprint density at radius 3 is 2.61 bits per heavy atom. The van der Waals surface area contributed by atoms with Gasteiger partial charge in [-0.2, -0.15) is 0 Å². The Morgan fingerprint density at radius 2 is 2.00 bits per heavy atom. The summed E-state index contributed by atoms with van der Waals surface area (Å²) in [5.74, 6) is -0.153. The molecule has 92 valence electrons. The van der Waals surface area contributed by atoms with Crippen molar-refractivity contribution in [2.75, 3.05) is 5.32 Å². The molecule has 0 bridgehead atoms. The highest BCUT2D eigenvalue weighted by molar-refractivity contribution is 9.10. The van der Waals surface area contributed by atoms with Crippen molar-refractivity contribution in [3.05, 3.63) is 56.7 Å². The van der Waals surface area contributed by atoms with Crippen LogP contribution in [0.25, 0.3) is 0 Å². The van der Waals surface area contributed by atoms with E-state index < -0.39 is 0 Å². The Hall–Kier alpha value is -1.20. The molecule has 0 aliphatic rings. The number of pyridine rings is 1. The van der Waals surface area contributed by atoms with Gasteiger partial charge in [0.2, 0.25) is 0 Å². The van der Waals surface area contributed by atoms with Crippen LogP contribution in [0.1, 0.15) is 15.9 Å². The summed E-state index contributed by atoms with van der Waals surface area (Å²) in [7, 11) is 0. The van der Waals surface area contributed by atoms with E-state index in [2.05, 4.69) is 42.2 Å². The van der Waals surface area contributed by atoms with E-state index in [0.29, 0.717) is 11.3 Å². The third-order valence-corrected chi connectivity index (χ3v) is 3.74. The van der Waals surface area contributed by atoms with Gasteiger partial charge in [-0.1, -0.05) is 22.0 Å². The topological polar surface area (TPSA) is 42.0 Å². The number of rotatable bonds is 2. The van der Waals surface area contributed by atoms with Gasteiger partial charge in [0.05, 0.1) is 11.9 Å². The molecule has 0 spiro atoms. The Balaban J connectivity index is 2.16. The van der Waals surface area contributed by atoms with Crippen molar-refractivity contribution in [2.45, 2.75) is 6.92 Å². The molecule has 0 unspecified atom stereocenters. The zero-order valence-corrected chi connectivity index (χ0v) is 12.7. The molecule has 1 aromatic carbocycles. The maximum Gasteiger partial charge on any atom is 0.255 e. The Morgan fingerprint density at radius 1 is 1.22 bits per heavy atom. The number of hydrogen-bond donors (Lipinski definition) is 1. The maximum absolute atomic E-state index is 12.0. The molecular formula is C13H10Br2N2O. The summed E-state index contributed by atoms with van der Waals surface area (Å²) in [5, 5.41) is 2.79. The summed E-state index contributed by atoms with van der Waals surface area (Å²) >= 11 is 6.65. The lowest BCUT2D eigenvalue weighted by molar-refractivity contribution is 0.102. The highest BCUT2D eigenvalue weighted by Crippen LogP contribution is 2.18. The molecule has 0 saturated heterocycles. The molecule has 0 aliphatic carbocycles. The van der Waals surface area contributed by atoms with Gasteiger partial charge in [0.1, 0.15) is 4.60 Å². The fourth-order valence-corrected chi connectivity index (χ4v) is 2.00. The van der Waals surface area contributed by atoms with E-state index in [1.165, 1.54) is 0 Å². The monoisotopic (exact) mass is 368 g/mol. The second kappa shape index (κ2) is 5.63. The number of aryl methyl sites for hydroxylation is 1. The molecule has 2 rings (SSSR count). The van der Waals surface area contributed by atoms with E-state index in [9.17, 15) is 4.79 Å². The zero-order chi connectivity index (χ0) is 13.1. The van der Waals surface area contributed by atoms with E-state index in [1.54, 1.807) is 30.5 Å². The first-order chi connectivity index (χ1) is 8.56. The first kappa shape index (κ1) is 13.2. The lowest BCUT2D eigenvalue weighted by Gasteiger charge is -2.06. The third-order valence-electron chi connectivity index (χ3n) is 2.42. The van der Waals surface area contributed by atoms with Gasteiger partial charge in [-0.15, -0.1) is 0 Å². The Kier molecular flexibility index (Phi) is 4.14. The van der Waals surface area contributed by atoms with Crippen molar-refractivity contribution in [1.29, 1.82) is 0 Å². The van der Waals surface area contributed by atoms with Crippen molar-refractivity contribution in [3.63, 3.8) is 0 Å². The number of nitrogens with zero attached hydrogens (tertiary/aromatic N) is 1. The summed E-state index contributed by atoms with van der Waals surface area (Å²) < 4.78 is 1.66. The van der Waals surface area contributed by atoms with Crippen LogP contribution in [0.4, 0.5) is 5.69 Å². The number of hydrogen-bond acceptors (Lipinski definition) is 2. The molecule has 5 heteroatoms. The molecule has 0 aliphatic heterocycles. The van der Waals surface area contributed by atoms with Crippen LogP contribution in [0.3, 0.4) is 0 Å². The van der Waals surface area contributed by atoms with Crippen LogP contribution in [0.15, 0.2) is 45.6 Å². The number of carbonyl (C=O) groups is 1. The molecule has 3 nitrogen and oxygen atoms in total. The van der Waals surface area contributed by atoms with Gasteiger partial charge in [0.25, 0.3) is 5.91 Å². The molecule has 0 radical (unpaired) electrons. The normalized spacial score (nSPS) is 10.2. The summed E-state index contributed by atoms with van der Waals surface area (Å²) in [4.78, 5) is 16.0. The van der Waals surface area contributed by atoms with E-state index in [-0.39, 0.29) is 5.91 Å². The predicted molar refractivity (Wildman–Crippen MR) is 78.8 cm³/mol. The zero-order valence-electron chi connectivity index (χ0n) is 9.58. The summed E-state index contributed by atoms with van der Waals surface area (Å²) in [6.07, 6.45) is 1.60. The molecule has 18 heavy (non-hydrogen) atoms. The maximum atomic E-state index is 12.0. The first-order valence-electron chi connectivity index (χ1n) is 5.25. The van der Waals surface area contributed by atoms with Gasteiger partial charge in [-0.05, 0) is 52.7 Å². The number of nitrogens with one attached hydrogen (secondary N) is 1. The van der Waals surface area contributed by atoms with Gasteiger partial charge in [0.15, 0.2) is 0 Å². The van der Waals surface area contributed by atoms with Crippen molar-refractivity contribution < 1.29 is 4.79 Å². The lowest BCUT2D eigenvalue weighted by Crippen LogP contribution is -2.12. The van der Waals surface area contributed by atoms with Crippen LogP contribution >= 0.6 is 31.9 Å². The van der Waals surface area contributed by atoms with Crippen LogP contribution in [-0.2, 0) is 0 Å². The summed E-state index contributed by atoms with van der Waals surface area (Å²) in [6, 6.07) is 9.07. The molecule has 0 saturated carbocycles. The molecule has 0 fully saturated rings. The second-order valence-corrected chi connectivity index (χ2v) is 5.45. The van der Waals surface area contributed by atoms with Crippen LogP contribution in [0.2, 0.25) is 0 Å². The van der Waals surface area contributed by atoms with Crippen LogP contribution in [0, 0.1) is 6.92 Å². The highest BCUT2D eigenvalue weighted by Gasteiger charge is 2.07. The number of anilines is 1. The number of aromatic nitrogens is 1. The molecular weight excluding hydrogens is 360 g/mol. The van der Waals surface area contributed by atoms with E-state index in [4.69, 9.17) is 0 Å². The van der Waals surface area contributed by atoms with E-state index in [0.717, 1.165) is 14.6 Å². The fraction of sp³-hybridized carbons (Fsp3) is 0.0769. The molecule has 0 atom stereocenters. The van der Waals surface area contributed by atoms with Gasteiger partial charge < -0.3 is 5.32 Å². The first-order valence-corrected chi connectivity index (χ1v) is 6.84. The smallest absolute Gasteiger partial charge is 0.255 e. The summed E-state index contributed by atoms with van der Waals surface area (Å²) in [5.41, 5.74) is 2.37.